The molecule has 0 saturated heterocycles. The van der Waals surface area contributed by atoms with E-state index in [0.717, 1.165) is 41.0 Å². The van der Waals surface area contributed by atoms with Crippen molar-refractivity contribution < 1.29 is 14.6 Å². The van der Waals surface area contributed by atoms with E-state index in [0.29, 0.717) is 17.2 Å². The topological polar surface area (TPSA) is 87.6 Å². The van der Waals surface area contributed by atoms with Crippen LogP contribution >= 0.6 is 11.3 Å². The first-order chi connectivity index (χ1) is 14.0. The van der Waals surface area contributed by atoms with E-state index in [1.54, 1.807) is 36.7 Å². The van der Waals surface area contributed by atoms with Crippen LogP contribution in [-0.2, 0) is 0 Å². The SMILES string of the molecule is CNC(=O)c1cc(Oc2ccc3nc(N([11CH3])[C@@H]4CCCC[C@H]4O)sc3c2)ccn1. The first kappa shape index (κ1) is 19.6. The van der Waals surface area contributed by atoms with Gasteiger partial charge in [-0.15, -0.1) is 0 Å². The lowest BCUT2D eigenvalue weighted by Gasteiger charge is -2.34. The van der Waals surface area contributed by atoms with Gasteiger partial charge < -0.3 is 20.1 Å². The monoisotopic (exact) mass is 411 g/mol. The molecule has 2 heterocycles. The minimum atomic E-state index is -0.305. The van der Waals surface area contributed by atoms with E-state index in [-0.39, 0.29) is 18.1 Å². The van der Waals surface area contributed by atoms with Gasteiger partial charge in [-0.3, -0.25) is 9.78 Å². The van der Waals surface area contributed by atoms with Crippen molar-refractivity contribution in [2.24, 2.45) is 0 Å². The van der Waals surface area contributed by atoms with Gasteiger partial charge in [0, 0.05) is 32.4 Å². The Morgan fingerprint density at radius 2 is 2.03 bits per heavy atom. The largest absolute Gasteiger partial charge is 0.457 e. The molecule has 2 aromatic heterocycles. The molecule has 0 aliphatic heterocycles. The summed E-state index contributed by atoms with van der Waals surface area (Å²) in [6, 6.07) is 9.17. The molecule has 3 aromatic rings. The number of carbonyl (C=O) groups excluding carboxylic acids is 1. The van der Waals surface area contributed by atoms with Crippen LogP contribution in [0.2, 0.25) is 0 Å². The van der Waals surface area contributed by atoms with E-state index >= 15 is 0 Å². The Labute approximate surface area is 173 Å². The van der Waals surface area contributed by atoms with Crippen molar-refractivity contribution in [1.29, 1.82) is 0 Å². The molecule has 29 heavy (non-hydrogen) atoms. The number of amides is 1. The molecule has 0 bridgehead atoms. The second-order valence-corrected chi connectivity index (χ2v) is 8.22. The average molecular weight is 412 g/mol. The minimum Gasteiger partial charge on any atom is -0.457 e. The molecule has 152 valence electrons. The highest BCUT2D eigenvalue weighted by Crippen LogP contribution is 2.35. The maximum Gasteiger partial charge on any atom is 0.269 e. The number of aromatic nitrogens is 2. The zero-order valence-electron chi connectivity index (χ0n) is 16.5. The molecule has 1 amide bonds. The number of benzene rings is 1. The molecule has 1 saturated carbocycles. The number of ether oxygens (including phenoxy) is 1. The molecule has 1 aliphatic carbocycles. The van der Waals surface area contributed by atoms with Gasteiger partial charge in [0.2, 0.25) is 0 Å². The van der Waals surface area contributed by atoms with Crippen LogP contribution in [0.4, 0.5) is 5.13 Å². The van der Waals surface area contributed by atoms with E-state index in [2.05, 4.69) is 15.2 Å². The van der Waals surface area contributed by atoms with Crippen LogP contribution in [-0.4, -0.2) is 47.2 Å². The van der Waals surface area contributed by atoms with Crippen molar-refractivity contribution in [1.82, 2.24) is 15.3 Å². The van der Waals surface area contributed by atoms with Gasteiger partial charge >= 0.3 is 0 Å². The molecule has 0 unspecified atom stereocenters. The predicted octanol–water partition coefficient (Wildman–Crippen LogP) is 3.58. The molecular formula is C21H24N4O3S. The maximum absolute atomic E-state index is 11.8. The third-order valence-electron chi connectivity index (χ3n) is 5.27. The molecule has 8 heteroatoms. The highest BCUT2D eigenvalue weighted by Gasteiger charge is 2.28. The van der Waals surface area contributed by atoms with Crippen LogP contribution in [0.1, 0.15) is 36.2 Å². The predicted molar refractivity (Wildman–Crippen MR) is 114 cm³/mol. The Balaban J connectivity index is 1.55. The second-order valence-electron chi connectivity index (χ2n) is 7.21. The highest BCUT2D eigenvalue weighted by atomic mass is 32.1. The van der Waals surface area contributed by atoms with Gasteiger partial charge in [-0.05, 0) is 31.0 Å². The summed E-state index contributed by atoms with van der Waals surface area (Å²) in [4.78, 5) is 22.6. The number of carbonyl (C=O) groups is 1. The average Bonchev–Trinajstić information content (AvgIpc) is 3.16. The Kier molecular flexibility index (Phi) is 5.64. The number of nitrogens with one attached hydrogen (secondary N) is 1. The van der Waals surface area contributed by atoms with Crippen molar-refractivity contribution in [2.75, 3.05) is 19.0 Å². The third-order valence-corrected chi connectivity index (χ3v) is 6.38. The lowest BCUT2D eigenvalue weighted by Crippen LogP contribution is -2.43. The summed E-state index contributed by atoms with van der Waals surface area (Å²) in [6.07, 6.45) is 5.30. The van der Waals surface area contributed by atoms with E-state index in [1.807, 2.05) is 25.2 Å². The Morgan fingerprint density at radius 3 is 2.83 bits per heavy atom. The molecule has 2 N–H and O–H groups in total. The van der Waals surface area contributed by atoms with Gasteiger partial charge in [0.25, 0.3) is 5.91 Å². The lowest BCUT2D eigenvalue weighted by atomic mass is 9.91. The van der Waals surface area contributed by atoms with Gasteiger partial charge in [-0.2, -0.15) is 0 Å². The van der Waals surface area contributed by atoms with Gasteiger partial charge in [0.1, 0.15) is 17.2 Å². The fourth-order valence-corrected chi connectivity index (χ4v) is 4.67. The lowest BCUT2D eigenvalue weighted by molar-refractivity contribution is 0.0957. The van der Waals surface area contributed by atoms with Gasteiger partial charge in [0.05, 0.1) is 22.4 Å². The summed E-state index contributed by atoms with van der Waals surface area (Å²) in [5.41, 5.74) is 1.20. The summed E-state index contributed by atoms with van der Waals surface area (Å²) >= 11 is 1.58. The van der Waals surface area contributed by atoms with Crippen LogP contribution in [0.25, 0.3) is 10.2 Å². The molecule has 4 rings (SSSR count). The van der Waals surface area contributed by atoms with Crippen molar-refractivity contribution >= 4 is 32.6 Å². The van der Waals surface area contributed by atoms with Crippen LogP contribution in [0.3, 0.4) is 0 Å². The first-order valence-corrected chi connectivity index (χ1v) is 10.5. The fraction of sp³-hybridized carbons (Fsp3) is 0.381. The number of likely N-dealkylation sites (N-methyl/N-ethyl adjacent to an activating group) is 1. The second kappa shape index (κ2) is 8.34. The normalized spacial score (nSPS) is 19.1. The minimum absolute atomic E-state index is 0.111. The van der Waals surface area contributed by atoms with Crippen LogP contribution in [0.5, 0.6) is 11.5 Å². The molecule has 1 aromatic carbocycles. The summed E-state index contributed by atoms with van der Waals surface area (Å²) in [5.74, 6) is 0.957. The number of fused-ring (bicyclic) bond motifs is 1. The summed E-state index contributed by atoms with van der Waals surface area (Å²) < 4.78 is 6.94. The molecule has 1 aliphatic rings. The Morgan fingerprint density at radius 1 is 1.24 bits per heavy atom. The van der Waals surface area contributed by atoms with E-state index in [1.165, 1.54) is 0 Å². The van der Waals surface area contributed by atoms with Crippen molar-refractivity contribution in [3.8, 4) is 11.5 Å². The number of aliphatic hydroxyl groups excluding tert-OH is 1. The molecule has 2 atom stereocenters. The van der Waals surface area contributed by atoms with Crippen molar-refractivity contribution in [2.45, 2.75) is 37.8 Å². The summed E-state index contributed by atoms with van der Waals surface area (Å²) in [6.45, 7) is 0. The molecule has 0 radical (unpaired) electrons. The number of aliphatic hydroxyl groups is 1. The fourth-order valence-electron chi connectivity index (χ4n) is 3.66. The molecular weight excluding hydrogens is 387 g/mol. The number of nitrogens with zero attached hydrogens (tertiary/aromatic N) is 3. The highest BCUT2D eigenvalue weighted by molar-refractivity contribution is 7.22. The zero-order chi connectivity index (χ0) is 20.4. The summed E-state index contributed by atoms with van der Waals surface area (Å²) in [7, 11) is 3.57. The van der Waals surface area contributed by atoms with E-state index < -0.39 is 0 Å². The maximum atomic E-state index is 11.8. The van der Waals surface area contributed by atoms with E-state index in [4.69, 9.17) is 9.72 Å². The third kappa shape index (κ3) is 4.18. The smallest absolute Gasteiger partial charge is 0.269 e. The number of pyridine rings is 1. The number of anilines is 1. The van der Waals surface area contributed by atoms with Gasteiger partial charge in [-0.25, -0.2) is 4.98 Å². The van der Waals surface area contributed by atoms with E-state index in [9.17, 15) is 9.90 Å². The quantitative estimate of drug-likeness (QED) is 0.667. The number of thiazole rings is 1. The zero-order valence-corrected chi connectivity index (χ0v) is 17.3. The van der Waals surface area contributed by atoms with Gasteiger partial charge in [0.15, 0.2) is 5.13 Å². The molecule has 1 fully saturated rings. The molecule has 7 nitrogen and oxygen atoms in total. The van der Waals surface area contributed by atoms with Crippen LogP contribution in [0, 0.1) is 0 Å². The van der Waals surface area contributed by atoms with Crippen LogP contribution < -0.4 is 15.0 Å². The summed E-state index contributed by atoms with van der Waals surface area (Å²) in [5, 5.41) is 13.8. The number of hydrogen-bond donors (Lipinski definition) is 2. The van der Waals surface area contributed by atoms with Crippen LogP contribution in [0.15, 0.2) is 36.5 Å². The van der Waals surface area contributed by atoms with Crippen molar-refractivity contribution in [3.05, 3.63) is 42.2 Å². The first-order valence-electron chi connectivity index (χ1n) is 9.72. The standard InChI is InChI=1S/C21H24N4O3S/c1-22-20(27)16-11-14(9-10-23-16)28-13-7-8-15-19(12-13)29-21(24-15)25(2)17-5-3-4-6-18(17)26/h7-12,17-18,26H,3-6H2,1-2H3,(H,22,27)/t17-,18-/m1/s1/i2-1. The number of rotatable bonds is 5. The van der Waals surface area contributed by atoms with Crippen molar-refractivity contribution in [3.63, 3.8) is 0 Å². The van der Waals surface area contributed by atoms with Gasteiger partial charge in [-0.1, -0.05) is 24.2 Å². The Bertz CT molecular complexity index is 1020. The molecule has 0 spiro atoms. The number of hydrogen-bond acceptors (Lipinski definition) is 7. The Hall–Kier alpha value is -2.71.